The number of methoxy groups -OCH3 is 1. The Bertz CT molecular complexity index is 582. The molecule has 0 fully saturated rings. The van der Waals surface area contributed by atoms with Crippen molar-refractivity contribution in [2.75, 3.05) is 27.1 Å². The minimum Gasteiger partial charge on any atom is -0.382 e. The molecule has 0 saturated carbocycles. The highest BCUT2D eigenvalue weighted by Crippen LogP contribution is 2.18. The zero-order valence-electron chi connectivity index (χ0n) is 17.0. The molecule has 6 heteroatoms. The third kappa shape index (κ3) is 11.2. The molecule has 1 aromatic rings. The number of unbranched alkanes of at least 4 members (excludes halogenated alkanes) is 1. The Balaban J connectivity index is 2.53. The molecule has 1 rings (SSSR count). The molecule has 0 spiro atoms. The van der Waals surface area contributed by atoms with E-state index in [0.29, 0.717) is 13.2 Å². The van der Waals surface area contributed by atoms with E-state index in [4.69, 9.17) is 14.2 Å². The normalized spacial score (nSPS) is 14.6. The Labute approximate surface area is 167 Å². The summed E-state index contributed by atoms with van der Waals surface area (Å²) in [6, 6.07) is 0. The zero-order chi connectivity index (χ0) is 19.9. The van der Waals surface area contributed by atoms with Gasteiger partial charge in [-0.1, -0.05) is 19.1 Å². The van der Waals surface area contributed by atoms with Crippen molar-refractivity contribution < 1.29 is 19.0 Å². The van der Waals surface area contributed by atoms with Crippen molar-refractivity contribution in [2.45, 2.75) is 52.6 Å². The van der Waals surface area contributed by atoms with E-state index in [1.54, 1.807) is 18.4 Å². The van der Waals surface area contributed by atoms with E-state index < -0.39 is 0 Å². The highest BCUT2D eigenvalue weighted by Gasteiger charge is 2.11. The summed E-state index contributed by atoms with van der Waals surface area (Å²) in [5.41, 5.74) is 2.09. The van der Waals surface area contributed by atoms with Gasteiger partial charge in [0.2, 0.25) is 0 Å². The summed E-state index contributed by atoms with van der Waals surface area (Å²) >= 11 is 1.64. The maximum Gasteiger partial charge on any atom is 0.147 e. The van der Waals surface area contributed by atoms with Crippen LogP contribution in [0.15, 0.2) is 23.1 Å². The third-order valence-corrected chi connectivity index (χ3v) is 4.88. The molecular formula is C21H33NO4S. The number of carbonyl (C=O) groups excluding carboxylic acids is 1. The Morgan fingerprint density at radius 3 is 2.81 bits per heavy atom. The van der Waals surface area contributed by atoms with Gasteiger partial charge >= 0.3 is 0 Å². The molecule has 0 aliphatic rings. The summed E-state index contributed by atoms with van der Waals surface area (Å²) in [7, 11) is 1.65. The smallest absolute Gasteiger partial charge is 0.147 e. The van der Waals surface area contributed by atoms with Gasteiger partial charge in [0.25, 0.3) is 0 Å². The molecule has 27 heavy (non-hydrogen) atoms. The van der Waals surface area contributed by atoms with Gasteiger partial charge in [-0.25, -0.2) is 4.98 Å². The lowest BCUT2D eigenvalue weighted by Crippen LogP contribution is -2.17. The van der Waals surface area contributed by atoms with Crippen molar-refractivity contribution in [3.63, 3.8) is 0 Å². The van der Waals surface area contributed by atoms with Crippen molar-refractivity contribution >= 4 is 23.7 Å². The topological polar surface area (TPSA) is 57.7 Å². The lowest BCUT2D eigenvalue weighted by atomic mass is 10.0. The second kappa shape index (κ2) is 14.7. The summed E-state index contributed by atoms with van der Waals surface area (Å²) in [6.45, 7) is 7.33. The molecule has 0 aromatic carbocycles. The number of carbonyl (C=O) groups is 1. The number of rotatable bonds is 15. The Hall–Kier alpha value is -1.34. The SMILES string of the molecule is COCCOCO[C@@H](C/C=C\CCCC(C)C=O)/C(C)=C/c1csc(C)n1. The average Bonchev–Trinajstić information content (AvgIpc) is 3.06. The first kappa shape index (κ1) is 23.7. The number of hydrogen-bond donors (Lipinski definition) is 0. The van der Waals surface area contributed by atoms with Crippen LogP contribution in [0.2, 0.25) is 0 Å². The van der Waals surface area contributed by atoms with Crippen LogP contribution in [0, 0.1) is 12.8 Å². The zero-order valence-corrected chi connectivity index (χ0v) is 17.8. The van der Waals surface area contributed by atoms with E-state index in [9.17, 15) is 4.79 Å². The van der Waals surface area contributed by atoms with Gasteiger partial charge in [0.15, 0.2) is 0 Å². The van der Waals surface area contributed by atoms with E-state index in [-0.39, 0.29) is 18.8 Å². The molecule has 1 heterocycles. The van der Waals surface area contributed by atoms with E-state index in [1.165, 1.54) is 0 Å². The van der Waals surface area contributed by atoms with Gasteiger partial charge in [-0.05, 0) is 51.2 Å². The van der Waals surface area contributed by atoms with Crippen LogP contribution >= 0.6 is 11.3 Å². The molecule has 1 aromatic heterocycles. The van der Waals surface area contributed by atoms with Crippen molar-refractivity contribution in [2.24, 2.45) is 5.92 Å². The number of thiazole rings is 1. The fourth-order valence-electron chi connectivity index (χ4n) is 2.45. The van der Waals surface area contributed by atoms with E-state index in [2.05, 4.69) is 35.5 Å². The lowest BCUT2D eigenvalue weighted by Gasteiger charge is -2.17. The van der Waals surface area contributed by atoms with Gasteiger partial charge in [0, 0.05) is 18.4 Å². The fourth-order valence-corrected chi connectivity index (χ4v) is 3.02. The predicted octanol–water partition coefficient (Wildman–Crippen LogP) is 4.81. The second-order valence-electron chi connectivity index (χ2n) is 6.61. The molecule has 152 valence electrons. The van der Waals surface area contributed by atoms with Crippen LogP contribution in [-0.4, -0.2) is 44.5 Å². The van der Waals surface area contributed by atoms with Crippen LogP contribution in [0.5, 0.6) is 0 Å². The molecule has 0 bridgehead atoms. The predicted molar refractivity (Wildman–Crippen MR) is 111 cm³/mol. The molecule has 0 N–H and O–H groups in total. The Kier molecular flexibility index (Phi) is 12.9. The number of nitrogens with zero attached hydrogens (tertiary/aromatic N) is 1. The number of hydrogen-bond acceptors (Lipinski definition) is 6. The standard InChI is InChI=1S/C21H33NO4S/c1-17(14-23)9-7-5-6-8-10-21(26-16-25-12-11-24-4)18(2)13-20-15-27-19(3)22-20/h6,8,13-15,17,21H,5,7,9-12,16H2,1-4H3/b8-6-,18-13+/t17?,21-/m0/s1. The molecule has 5 nitrogen and oxygen atoms in total. The van der Waals surface area contributed by atoms with Gasteiger partial charge in [-0.15, -0.1) is 11.3 Å². The Morgan fingerprint density at radius 1 is 1.33 bits per heavy atom. The highest BCUT2D eigenvalue weighted by molar-refractivity contribution is 7.09. The molecule has 0 amide bonds. The maximum absolute atomic E-state index is 10.6. The first-order valence-corrected chi connectivity index (χ1v) is 10.3. The van der Waals surface area contributed by atoms with Crippen LogP contribution < -0.4 is 0 Å². The van der Waals surface area contributed by atoms with Crippen molar-refractivity contribution in [1.29, 1.82) is 0 Å². The van der Waals surface area contributed by atoms with Crippen LogP contribution in [0.4, 0.5) is 0 Å². The number of allylic oxidation sites excluding steroid dienone is 1. The van der Waals surface area contributed by atoms with Crippen LogP contribution in [0.25, 0.3) is 6.08 Å². The molecule has 2 atom stereocenters. The summed E-state index contributed by atoms with van der Waals surface area (Å²) < 4.78 is 16.3. The summed E-state index contributed by atoms with van der Waals surface area (Å²) in [6.07, 6.45) is 11.1. The Morgan fingerprint density at radius 2 is 2.15 bits per heavy atom. The lowest BCUT2D eigenvalue weighted by molar-refractivity contribution is -0.110. The summed E-state index contributed by atoms with van der Waals surface area (Å²) in [5, 5.41) is 3.11. The van der Waals surface area contributed by atoms with E-state index in [1.807, 2.05) is 13.8 Å². The molecule has 1 unspecified atom stereocenters. The van der Waals surface area contributed by atoms with Crippen molar-refractivity contribution in [3.05, 3.63) is 33.8 Å². The molecule has 0 aliphatic heterocycles. The third-order valence-electron chi connectivity index (χ3n) is 4.08. The van der Waals surface area contributed by atoms with Gasteiger partial charge in [0.1, 0.15) is 13.1 Å². The number of ether oxygens (including phenoxy) is 3. The van der Waals surface area contributed by atoms with E-state index in [0.717, 1.165) is 48.2 Å². The number of aromatic nitrogens is 1. The van der Waals surface area contributed by atoms with E-state index >= 15 is 0 Å². The highest BCUT2D eigenvalue weighted by atomic mass is 32.1. The second-order valence-corrected chi connectivity index (χ2v) is 7.67. The average molecular weight is 396 g/mol. The van der Waals surface area contributed by atoms with Gasteiger partial charge < -0.3 is 19.0 Å². The number of aryl methyl sites for hydroxylation is 1. The van der Waals surface area contributed by atoms with Gasteiger partial charge in [-0.2, -0.15) is 0 Å². The van der Waals surface area contributed by atoms with Crippen molar-refractivity contribution in [3.8, 4) is 0 Å². The minimum atomic E-state index is -0.0558. The molecule has 0 aliphatic carbocycles. The van der Waals surface area contributed by atoms with Crippen molar-refractivity contribution in [1.82, 2.24) is 4.98 Å². The van der Waals surface area contributed by atoms with Crippen LogP contribution in [-0.2, 0) is 19.0 Å². The summed E-state index contributed by atoms with van der Waals surface area (Å²) in [4.78, 5) is 15.1. The minimum absolute atomic E-state index is 0.0558. The largest absolute Gasteiger partial charge is 0.382 e. The molecule has 0 saturated heterocycles. The quantitative estimate of drug-likeness (QED) is 0.185. The first-order chi connectivity index (χ1) is 13.1. The van der Waals surface area contributed by atoms with Crippen LogP contribution in [0.3, 0.4) is 0 Å². The molecular weight excluding hydrogens is 362 g/mol. The fraction of sp³-hybridized carbons (Fsp3) is 0.619. The maximum atomic E-state index is 10.6. The first-order valence-electron chi connectivity index (χ1n) is 9.45. The van der Waals surface area contributed by atoms with Crippen LogP contribution in [0.1, 0.15) is 50.2 Å². The monoisotopic (exact) mass is 395 g/mol. The van der Waals surface area contributed by atoms with Gasteiger partial charge in [0.05, 0.1) is 30.0 Å². The number of aldehydes is 1. The van der Waals surface area contributed by atoms with Gasteiger partial charge in [-0.3, -0.25) is 0 Å². The molecule has 0 radical (unpaired) electrons. The summed E-state index contributed by atoms with van der Waals surface area (Å²) in [5.74, 6) is 0.144.